The topological polar surface area (TPSA) is 44.8 Å². The Bertz CT molecular complexity index is 360. The van der Waals surface area contributed by atoms with Gasteiger partial charge in [0.05, 0.1) is 13.2 Å². The highest BCUT2D eigenvalue weighted by atomic mass is 16.6. The average molecular weight is 224 g/mol. The van der Waals surface area contributed by atoms with Gasteiger partial charge < -0.3 is 14.2 Å². The lowest BCUT2D eigenvalue weighted by Crippen LogP contribution is -2.04. The standard InChI is InChI=1S/C12H16O4/c1-4-15-12-7-10(8-14-3)5-6-11(12)16-9(2)13/h5-7H,4,8H2,1-3H3. The highest BCUT2D eigenvalue weighted by Gasteiger charge is 2.08. The first-order chi connectivity index (χ1) is 7.67. The fourth-order valence-corrected chi connectivity index (χ4v) is 1.32. The van der Waals surface area contributed by atoms with Crippen molar-refractivity contribution in [1.82, 2.24) is 0 Å². The normalized spacial score (nSPS) is 9.94. The van der Waals surface area contributed by atoms with Crippen LogP contribution in [0, 0.1) is 0 Å². The van der Waals surface area contributed by atoms with E-state index in [1.807, 2.05) is 19.1 Å². The Balaban J connectivity index is 2.93. The number of carbonyl (C=O) groups is 1. The Kier molecular flexibility index (Phi) is 4.79. The molecule has 1 rings (SSSR count). The number of hydrogen-bond acceptors (Lipinski definition) is 4. The van der Waals surface area contributed by atoms with Gasteiger partial charge in [0.25, 0.3) is 0 Å². The molecule has 0 saturated carbocycles. The lowest BCUT2D eigenvalue weighted by Gasteiger charge is -2.11. The maximum Gasteiger partial charge on any atom is 0.308 e. The summed E-state index contributed by atoms with van der Waals surface area (Å²) in [5.41, 5.74) is 0.974. The Morgan fingerprint density at radius 1 is 1.31 bits per heavy atom. The minimum absolute atomic E-state index is 0.361. The molecule has 0 amide bonds. The third-order valence-electron chi connectivity index (χ3n) is 1.87. The van der Waals surface area contributed by atoms with Crippen LogP contribution in [0.5, 0.6) is 11.5 Å². The molecule has 0 radical (unpaired) electrons. The smallest absolute Gasteiger partial charge is 0.308 e. The van der Waals surface area contributed by atoms with Crippen molar-refractivity contribution in [2.45, 2.75) is 20.5 Å². The summed E-state index contributed by atoms with van der Waals surface area (Å²) in [7, 11) is 1.63. The molecule has 0 atom stereocenters. The van der Waals surface area contributed by atoms with E-state index in [-0.39, 0.29) is 5.97 Å². The summed E-state index contributed by atoms with van der Waals surface area (Å²) in [4.78, 5) is 10.9. The van der Waals surface area contributed by atoms with Crippen molar-refractivity contribution in [2.24, 2.45) is 0 Å². The van der Waals surface area contributed by atoms with Crippen LogP contribution in [0.4, 0.5) is 0 Å². The zero-order valence-electron chi connectivity index (χ0n) is 9.78. The molecule has 0 aromatic heterocycles. The number of benzene rings is 1. The molecule has 0 heterocycles. The van der Waals surface area contributed by atoms with Gasteiger partial charge in [-0.1, -0.05) is 6.07 Å². The van der Waals surface area contributed by atoms with E-state index >= 15 is 0 Å². The first-order valence-corrected chi connectivity index (χ1v) is 5.10. The predicted octanol–water partition coefficient (Wildman–Crippen LogP) is 2.16. The van der Waals surface area contributed by atoms with E-state index in [0.29, 0.717) is 24.7 Å². The van der Waals surface area contributed by atoms with Crippen LogP contribution in [0.2, 0.25) is 0 Å². The number of esters is 1. The zero-order chi connectivity index (χ0) is 12.0. The fourth-order valence-electron chi connectivity index (χ4n) is 1.32. The minimum Gasteiger partial charge on any atom is -0.490 e. The first kappa shape index (κ1) is 12.5. The van der Waals surface area contributed by atoms with Crippen molar-refractivity contribution in [3.8, 4) is 11.5 Å². The molecule has 0 fully saturated rings. The Morgan fingerprint density at radius 2 is 2.06 bits per heavy atom. The van der Waals surface area contributed by atoms with Crippen molar-refractivity contribution < 1.29 is 19.0 Å². The maximum atomic E-state index is 10.9. The van der Waals surface area contributed by atoms with E-state index in [2.05, 4.69) is 0 Å². The molecule has 0 saturated heterocycles. The third kappa shape index (κ3) is 3.55. The van der Waals surface area contributed by atoms with Crippen molar-refractivity contribution in [2.75, 3.05) is 13.7 Å². The monoisotopic (exact) mass is 224 g/mol. The zero-order valence-corrected chi connectivity index (χ0v) is 9.78. The molecule has 88 valence electrons. The van der Waals surface area contributed by atoms with E-state index in [1.165, 1.54) is 6.92 Å². The van der Waals surface area contributed by atoms with Crippen LogP contribution < -0.4 is 9.47 Å². The second-order valence-electron chi connectivity index (χ2n) is 3.24. The predicted molar refractivity (Wildman–Crippen MR) is 59.6 cm³/mol. The fraction of sp³-hybridized carbons (Fsp3) is 0.417. The Morgan fingerprint density at radius 3 is 2.62 bits per heavy atom. The first-order valence-electron chi connectivity index (χ1n) is 5.10. The van der Waals surface area contributed by atoms with Gasteiger partial charge in [-0.05, 0) is 24.6 Å². The molecule has 16 heavy (non-hydrogen) atoms. The molecular formula is C12H16O4. The van der Waals surface area contributed by atoms with Crippen LogP contribution in [0.15, 0.2) is 18.2 Å². The average Bonchev–Trinajstić information content (AvgIpc) is 2.22. The molecular weight excluding hydrogens is 208 g/mol. The lowest BCUT2D eigenvalue weighted by molar-refractivity contribution is -0.132. The van der Waals surface area contributed by atoms with Gasteiger partial charge >= 0.3 is 5.97 Å². The molecule has 0 aliphatic rings. The van der Waals surface area contributed by atoms with Gasteiger partial charge in [0, 0.05) is 14.0 Å². The second kappa shape index (κ2) is 6.12. The summed E-state index contributed by atoms with van der Waals surface area (Å²) < 4.78 is 15.4. The number of ether oxygens (including phenoxy) is 3. The largest absolute Gasteiger partial charge is 0.490 e. The molecule has 1 aromatic rings. The van der Waals surface area contributed by atoms with Crippen molar-refractivity contribution in [3.05, 3.63) is 23.8 Å². The number of hydrogen-bond donors (Lipinski definition) is 0. The van der Waals surface area contributed by atoms with E-state index in [0.717, 1.165) is 5.56 Å². The van der Waals surface area contributed by atoms with E-state index < -0.39 is 0 Å². The van der Waals surface area contributed by atoms with Crippen molar-refractivity contribution >= 4 is 5.97 Å². The molecule has 0 unspecified atom stereocenters. The summed E-state index contributed by atoms with van der Waals surface area (Å²) in [5, 5.41) is 0. The van der Waals surface area contributed by atoms with Crippen LogP contribution in [0.3, 0.4) is 0 Å². The minimum atomic E-state index is -0.361. The van der Waals surface area contributed by atoms with E-state index in [9.17, 15) is 4.79 Å². The van der Waals surface area contributed by atoms with Gasteiger partial charge in [-0.3, -0.25) is 4.79 Å². The Hall–Kier alpha value is -1.55. The summed E-state index contributed by atoms with van der Waals surface area (Å²) in [6, 6.07) is 5.36. The molecule has 0 aliphatic carbocycles. The molecule has 4 heteroatoms. The van der Waals surface area contributed by atoms with Crippen LogP contribution in [-0.2, 0) is 16.1 Å². The lowest BCUT2D eigenvalue weighted by atomic mass is 10.2. The SMILES string of the molecule is CCOc1cc(COC)ccc1OC(C)=O. The van der Waals surface area contributed by atoms with Crippen molar-refractivity contribution in [3.63, 3.8) is 0 Å². The third-order valence-corrected chi connectivity index (χ3v) is 1.87. The van der Waals surface area contributed by atoms with Gasteiger partial charge in [0.2, 0.25) is 0 Å². The highest BCUT2D eigenvalue weighted by molar-refractivity contribution is 5.70. The van der Waals surface area contributed by atoms with Gasteiger partial charge in [-0.25, -0.2) is 0 Å². The van der Waals surface area contributed by atoms with Gasteiger partial charge in [-0.15, -0.1) is 0 Å². The van der Waals surface area contributed by atoms with Gasteiger partial charge in [-0.2, -0.15) is 0 Å². The van der Waals surface area contributed by atoms with Crippen LogP contribution in [0.25, 0.3) is 0 Å². The van der Waals surface area contributed by atoms with E-state index in [1.54, 1.807) is 13.2 Å². The number of carbonyl (C=O) groups excluding carboxylic acids is 1. The molecule has 0 aliphatic heterocycles. The summed E-state index contributed by atoms with van der Waals surface area (Å²) in [5.74, 6) is 0.641. The second-order valence-corrected chi connectivity index (χ2v) is 3.24. The van der Waals surface area contributed by atoms with Gasteiger partial charge in [0.1, 0.15) is 0 Å². The summed E-state index contributed by atoms with van der Waals surface area (Å²) in [6.45, 7) is 4.25. The molecule has 0 bridgehead atoms. The van der Waals surface area contributed by atoms with Gasteiger partial charge in [0.15, 0.2) is 11.5 Å². The highest BCUT2D eigenvalue weighted by Crippen LogP contribution is 2.28. The molecule has 4 nitrogen and oxygen atoms in total. The van der Waals surface area contributed by atoms with Crippen LogP contribution in [-0.4, -0.2) is 19.7 Å². The van der Waals surface area contributed by atoms with Crippen molar-refractivity contribution in [1.29, 1.82) is 0 Å². The summed E-state index contributed by atoms with van der Waals surface area (Å²) >= 11 is 0. The van der Waals surface area contributed by atoms with Crippen LogP contribution in [0.1, 0.15) is 19.4 Å². The van der Waals surface area contributed by atoms with E-state index in [4.69, 9.17) is 14.2 Å². The quantitative estimate of drug-likeness (QED) is 0.568. The molecule has 0 spiro atoms. The molecule has 1 aromatic carbocycles. The van der Waals surface area contributed by atoms with Crippen LogP contribution >= 0.6 is 0 Å². The maximum absolute atomic E-state index is 10.9. The Labute approximate surface area is 95.1 Å². The number of rotatable bonds is 5. The summed E-state index contributed by atoms with van der Waals surface area (Å²) in [6.07, 6.45) is 0. The molecule has 0 N–H and O–H groups in total. The number of methoxy groups -OCH3 is 1.